The van der Waals surface area contributed by atoms with Crippen molar-refractivity contribution in [1.82, 2.24) is 0 Å². The predicted molar refractivity (Wildman–Crippen MR) is 137 cm³/mol. The van der Waals surface area contributed by atoms with E-state index in [9.17, 15) is 13.2 Å². The molecule has 0 saturated carbocycles. The number of carbonyl (C=O) groups excluding carboxylic acids is 1. The van der Waals surface area contributed by atoms with Crippen LogP contribution < -0.4 is 9.62 Å². The fraction of sp³-hybridized carbons (Fsp3) is 0.148. The maximum Gasteiger partial charge on any atom is 0.264 e. The lowest BCUT2D eigenvalue weighted by Gasteiger charge is -2.25. The number of nitrogens with one attached hydrogen (secondary N) is 1. The maximum atomic E-state index is 13.6. The average molecular weight is 491 g/mol. The SMILES string of the molecule is Cc1ccc(S(=O)(=O)N(CC(=O)Nc2ccc3c4c(cccc24)CC3)c2ccccc2Cl)cc1. The number of sulfonamides is 1. The molecule has 5 rings (SSSR count). The molecule has 34 heavy (non-hydrogen) atoms. The summed E-state index contributed by atoms with van der Waals surface area (Å²) >= 11 is 6.36. The second-order valence-corrected chi connectivity index (χ2v) is 10.7. The van der Waals surface area contributed by atoms with E-state index in [4.69, 9.17) is 11.6 Å². The number of amides is 1. The molecule has 5 nitrogen and oxygen atoms in total. The Bertz CT molecular complexity index is 1500. The van der Waals surface area contributed by atoms with Gasteiger partial charge in [-0.05, 0) is 66.6 Å². The van der Waals surface area contributed by atoms with Crippen molar-refractivity contribution in [3.05, 3.63) is 101 Å². The second-order valence-electron chi connectivity index (χ2n) is 8.44. The summed E-state index contributed by atoms with van der Waals surface area (Å²) in [5.74, 6) is -0.450. The molecule has 0 unspecified atom stereocenters. The number of halogens is 1. The van der Waals surface area contributed by atoms with E-state index >= 15 is 0 Å². The molecular weight excluding hydrogens is 468 g/mol. The zero-order valence-electron chi connectivity index (χ0n) is 18.6. The van der Waals surface area contributed by atoms with Crippen molar-refractivity contribution < 1.29 is 13.2 Å². The predicted octanol–water partition coefficient (Wildman–Crippen LogP) is 5.73. The molecule has 0 aromatic heterocycles. The first-order chi connectivity index (χ1) is 16.3. The van der Waals surface area contributed by atoms with Crippen LogP contribution in [0.2, 0.25) is 5.02 Å². The topological polar surface area (TPSA) is 66.5 Å². The van der Waals surface area contributed by atoms with Gasteiger partial charge in [0.1, 0.15) is 6.54 Å². The van der Waals surface area contributed by atoms with Crippen molar-refractivity contribution in [3.8, 4) is 0 Å². The first-order valence-electron chi connectivity index (χ1n) is 11.0. The van der Waals surface area contributed by atoms with E-state index in [0.717, 1.165) is 28.1 Å². The van der Waals surface area contributed by atoms with Crippen molar-refractivity contribution in [2.45, 2.75) is 24.7 Å². The van der Waals surface area contributed by atoms with Crippen LogP contribution in [-0.2, 0) is 27.7 Å². The highest BCUT2D eigenvalue weighted by atomic mass is 35.5. The molecule has 0 bridgehead atoms. The highest BCUT2D eigenvalue weighted by Crippen LogP contribution is 2.35. The summed E-state index contributed by atoms with van der Waals surface area (Å²) in [6.07, 6.45) is 1.97. The molecule has 1 aliphatic rings. The van der Waals surface area contributed by atoms with Crippen LogP contribution in [0.5, 0.6) is 0 Å². The van der Waals surface area contributed by atoms with Crippen LogP contribution in [0.4, 0.5) is 11.4 Å². The van der Waals surface area contributed by atoms with Crippen LogP contribution in [-0.4, -0.2) is 20.9 Å². The van der Waals surface area contributed by atoms with E-state index < -0.39 is 22.5 Å². The Morgan fingerprint density at radius 3 is 2.35 bits per heavy atom. The Labute approximate surface area is 204 Å². The Hall–Kier alpha value is -3.35. The van der Waals surface area contributed by atoms with Crippen LogP contribution in [0.25, 0.3) is 10.8 Å². The van der Waals surface area contributed by atoms with Crippen molar-refractivity contribution in [2.75, 3.05) is 16.2 Å². The summed E-state index contributed by atoms with van der Waals surface area (Å²) in [7, 11) is -4.04. The van der Waals surface area contributed by atoms with Crippen LogP contribution in [0.15, 0.2) is 83.8 Å². The number of aryl methyl sites for hydroxylation is 3. The van der Waals surface area contributed by atoms with Gasteiger partial charge in [-0.2, -0.15) is 0 Å². The molecule has 0 atom stereocenters. The molecule has 1 amide bonds. The number of hydrogen-bond donors (Lipinski definition) is 1. The van der Waals surface area contributed by atoms with Crippen LogP contribution >= 0.6 is 11.6 Å². The zero-order valence-corrected chi connectivity index (χ0v) is 20.2. The molecule has 0 saturated heterocycles. The second kappa shape index (κ2) is 8.78. The quantitative estimate of drug-likeness (QED) is 0.375. The number of anilines is 2. The van der Waals surface area contributed by atoms with Crippen LogP contribution in [0, 0.1) is 6.92 Å². The van der Waals surface area contributed by atoms with Gasteiger partial charge in [0.15, 0.2) is 0 Å². The molecule has 1 N–H and O–H groups in total. The third kappa shape index (κ3) is 4.04. The van der Waals surface area contributed by atoms with Gasteiger partial charge in [-0.25, -0.2) is 8.42 Å². The molecule has 1 aliphatic carbocycles. The van der Waals surface area contributed by atoms with E-state index in [0.29, 0.717) is 5.69 Å². The van der Waals surface area contributed by atoms with Gasteiger partial charge in [-0.3, -0.25) is 9.10 Å². The van der Waals surface area contributed by atoms with Crippen molar-refractivity contribution >= 4 is 49.7 Å². The summed E-state index contributed by atoms with van der Waals surface area (Å²) in [5, 5.41) is 5.32. The monoisotopic (exact) mass is 490 g/mol. The van der Waals surface area contributed by atoms with Crippen molar-refractivity contribution in [3.63, 3.8) is 0 Å². The molecule has 7 heteroatoms. The Kier molecular flexibility index (Phi) is 5.80. The molecule has 0 fully saturated rings. The lowest BCUT2D eigenvalue weighted by Crippen LogP contribution is -2.38. The number of nitrogens with zero attached hydrogens (tertiary/aromatic N) is 1. The summed E-state index contributed by atoms with van der Waals surface area (Å²) in [5.41, 5.74) is 4.39. The van der Waals surface area contributed by atoms with E-state index in [1.165, 1.54) is 28.6 Å². The van der Waals surface area contributed by atoms with Gasteiger partial charge >= 0.3 is 0 Å². The summed E-state index contributed by atoms with van der Waals surface area (Å²) < 4.78 is 28.2. The maximum absolute atomic E-state index is 13.6. The molecule has 172 valence electrons. The van der Waals surface area contributed by atoms with Gasteiger partial charge in [-0.15, -0.1) is 0 Å². The van der Waals surface area contributed by atoms with E-state index in [-0.39, 0.29) is 15.6 Å². The van der Waals surface area contributed by atoms with E-state index in [1.807, 2.05) is 31.2 Å². The Balaban J connectivity index is 1.50. The van der Waals surface area contributed by atoms with Gasteiger partial charge in [0.25, 0.3) is 10.0 Å². The molecule has 0 aliphatic heterocycles. The first kappa shape index (κ1) is 22.4. The standard InChI is InChI=1S/C27H23ClN2O3S/c1-18-9-14-21(15-10-18)34(32,33)30(25-8-3-2-7-23(25)28)17-26(31)29-24-16-13-20-12-11-19-5-4-6-22(24)27(19)20/h2-10,13-16H,11-12,17H2,1H3,(H,29,31). The van der Waals surface area contributed by atoms with E-state index in [2.05, 4.69) is 11.4 Å². The van der Waals surface area contributed by atoms with Gasteiger partial charge in [0.2, 0.25) is 5.91 Å². The van der Waals surface area contributed by atoms with Crippen molar-refractivity contribution in [1.29, 1.82) is 0 Å². The number of rotatable bonds is 6. The lowest BCUT2D eigenvalue weighted by molar-refractivity contribution is -0.114. The van der Waals surface area contributed by atoms with Crippen LogP contribution in [0.3, 0.4) is 0 Å². The minimum absolute atomic E-state index is 0.0937. The minimum Gasteiger partial charge on any atom is -0.324 e. The highest BCUT2D eigenvalue weighted by molar-refractivity contribution is 7.92. The van der Waals surface area contributed by atoms with Gasteiger partial charge in [0.05, 0.1) is 15.6 Å². The molecule has 4 aromatic carbocycles. The number of para-hydroxylation sites is 1. The molecule has 0 heterocycles. The summed E-state index contributed by atoms with van der Waals surface area (Å²) in [4.78, 5) is 13.3. The fourth-order valence-electron chi connectivity index (χ4n) is 4.47. The molecule has 0 radical (unpaired) electrons. The summed E-state index contributed by atoms with van der Waals surface area (Å²) in [6.45, 7) is 1.47. The minimum atomic E-state index is -4.04. The molecule has 0 spiro atoms. The normalized spacial score (nSPS) is 12.6. The van der Waals surface area contributed by atoms with Gasteiger partial charge in [0, 0.05) is 11.1 Å². The van der Waals surface area contributed by atoms with Crippen molar-refractivity contribution in [2.24, 2.45) is 0 Å². The lowest BCUT2D eigenvalue weighted by atomic mass is 10.0. The third-order valence-electron chi connectivity index (χ3n) is 6.17. The fourth-order valence-corrected chi connectivity index (χ4v) is 6.19. The van der Waals surface area contributed by atoms with E-state index in [1.54, 1.807) is 36.4 Å². The van der Waals surface area contributed by atoms with Crippen LogP contribution in [0.1, 0.15) is 16.7 Å². The summed E-state index contributed by atoms with van der Waals surface area (Å²) in [6, 6.07) is 23.1. The number of carbonyl (C=O) groups is 1. The average Bonchev–Trinajstić information content (AvgIpc) is 3.25. The largest absolute Gasteiger partial charge is 0.324 e. The first-order valence-corrected chi connectivity index (χ1v) is 12.8. The number of hydrogen-bond acceptors (Lipinski definition) is 3. The smallest absolute Gasteiger partial charge is 0.264 e. The number of benzene rings is 4. The molecule has 4 aromatic rings. The Morgan fingerprint density at radius 2 is 1.62 bits per heavy atom. The third-order valence-corrected chi connectivity index (χ3v) is 8.26. The Morgan fingerprint density at radius 1 is 0.912 bits per heavy atom. The zero-order chi connectivity index (χ0) is 23.9. The van der Waals surface area contributed by atoms with Gasteiger partial charge < -0.3 is 5.32 Å². The molecular formula is C27H23ClN2O3S. The van der Waals surface area contributed by atoms with Gasteiger partial charge in [-0.1, -0.05) is 65.7 Å². The highest BCUT2D eigenvalue weighted by Gasteiger charge is 2.29.